The van der Waals surface area contributed by atoms with Gasteiger partial charge in [-0.25, -0.2) is 4.79 Å². The fourth-order valence-electron chi connectivity index (χ4n) is 3.05. The van der Waals surface area contributed by atoms with Crippen LogP contribution >= 0.6 is 11.3 Å². The second-order valence-electron chi connectivity index (χ2n) is 5.90. The molecule has 23 heavy (non-hydrogen) atoms. The molecule has 1 N–H and O–H groups in total. The lowest BCUT2D eigenvalue weighted by Gasteiger charge is -2.36. The van der Waals surface area contributed by atoms with E-state index >= 15 is 0 Å². The predicted molar refractivity (Wildman–Crippen MR) is 91.1 cm³/mol. The van der Waals surface area contributed by atoms with Gasteiger partial charge in [-0.2, -0.15) is 0 Å². The van der Waals surface area contributed by atoms with E-state index in [9.17, 15) is 4.79 Å². The van der Waals surface area contributed by atoms with Gasteiger partial charge in [-0.05, 0) is 30.4 Å². The molecule has 1 aromatic rings. The molecule has 2 fully saturated rings. The Morgan fingerprint density at radius 2 is 2.00 bits per heavy atom. The molecule has 7 heteroatoms. The monoisotopic (exact) mass is 339 g/mol. The van der Waals surface area contributed by atoms with Gasteiger partial charge in [-0.15, -0.1) is 11.3 Å². The molecule has 0 aromatic carbocycles. The number of anilines is 1. The Labute approximate surface area is 141 Å². The number of carbonyl (C=O) groups excluding carboxylic acids is 1. The lowest BCUT2D eigenvalue weighted by Crippen LogP contribution is -2.49. The van der Waals surface area contributed by atoms with E-state index in [1.165, 1.54) is 0 Å². The highest BCUT2D eigenvalue weighted by molar-refractivity contribution is 7.14. The Balaban J connectivity index is 1.58. The first-order valence-corrected chi connectivity index (χ1v) is 9.20. The molecule has 2 amide bonds. The zero-order chi connectivity index (χ0) is 15.9. The zero-order valence-corrected chi connectivity index (χ0v) is 14.2. The molecule has 2 aliphatic heterocycles. The Kier molecular flexibility index (Phi) is 6.27. The molecule has 0 saturated carbocycles. The molecule has 2 saturated heterocycles. The number of thiophene rings is 1. The summed E-state index contributed by atoms with van der Waals surface area (Å²) >= 11 is 1.55. The minimum Gasteiger partial charge on any atom is -0.381 e. The molecule has 6 nitrogen and oxygen atoms in total. The smallest absolute Gasteiger partial charge is 0.322 e. The number of urea groups is 1. The first kappa shape index (κ1) is 16.7. The Hall–Kier alpha value is -1.15. The van der Waals surface area contributed by atoms with E-state index in [-0.39, 0.29) is 12.1 Å². The highest BCUT2D eigenvalue weighted by atomic mass is 32.1. The van der Waals surface area contributed by atoms with Gasteiger partial charge in [0.15, 0.2) is 0 Å². The van der Waals surface area contributed by atoms with Crippen molar-refractivity contribution in [2.75, 3.05) is 57.9 Å². The summed E-state index contributed by atoms with van der Waals surface area (Å²) in [4.78, 5) is 17.1. The van der Waals surface area contributed by atoms with Gasteiger partial charge in [0.1, 0.15) is 0 Å². The van der Waals surface area contributed by atoms with Crippen molar-refractivity contribution in [1.82, 2.24) is 9.80 Å². The Morgan fingerprint density at radius 1 is 1.26 bits per heavy atom. The summed E-state index contributed by atoms with van der Waals surface area (Å²) in [6.07, 6.45) is 1.84. The van der Waals surface area contributed by atoms with Crippen molar-refractivity contribution in [1.29, 1.82) is 0 Å². The van der Waals surface area contributed by atoms with Crippen LogP contribution in [0.3, 0.4) is 0 Å². The molecule has 0 bridgehead atoms. The van der Waals surface area contributed by atoms with Crippen LogP contribution in [0.5, 0.6) is 0 Å². The third-order valence-electron chi connectivity index (χ3n) is 4.40. The number of hydrogen-bond acceptors (Lipinski definition) is 5. The van der Waals surface area contributed by atoms with Crippen molar-refractivity contribution in [3.8, 4) is 0 Å². The summed E-state index contributed by atoms with van der Waals surface area (Å²) in [5.41, 5.74) is 0. The van der Waals surface area contributed by atoms with Crippen LogP contribution in [0, 0.1) is 0 Å². The number of ether oxygens (including phenoxy) is 2. The minimum atomic E-state index is 0.00705. The van der Waals surface area contributed by atoms with E-state index in [1.54, 1.807) is 11.3 Å². The molecule has 128 valence electrons. The van der Waals surface area contributed by atoms with E-state index in [4.69, 9.17) is 9.47 Å². The fourth-order valence-corrected chi connectivity index (χ4v) is 3.65. The van der Waals surface area contributed by atoms with Crippen LogP contribution < -0.4 is 5.32 Å². The molecule has 0 spiro atoms. The first-order chi connectivity index (χ1) is 11.3. The van der Waals surface area contributed by atoms with Crippen molar-refractivity contribution in [3.63, 3.8) is 0 Å². The summed E-state index contributed by atoms with van der Waals surface area (Å²) in [5.74, 6) is 0. The molecule has 2 aliphatic rings. The maximum atomic E-state index is 12.7. The van der Waals surface area contributed by atoms with Crippen LogP contribution in [0.25, 0.3) is 0 Å². The first-order valence-electron chi connectivity index (χ1n) is 8.32. The van der Waals surface area contributed by atoms with E-state index in [1.807, 2.05) is 22.4 Å². The van der Waals surface area contributed by atoms with Gasteiger partial charge in [0.2, 0.25) is 0 Å². The molecule has 1 aromatic heterocycles. The van der Waals surface area contributed by atoms with E-state index in [0.29, 0.717) is 0 Å². The average Bonchev–Trinajstić information content (AvgIpc) is 3.10. The standard InChI is InChI=1S/C16H25N3O3S/c20-16(17-15-2-1-13-23-15)19(14-3-9-21-10-4-14)6-5-18-7-11-22-12-8-18/h1-2,13-14H,3-12H2,(H,17,20). The maximum absolute atomic E-state index is 12.7. The van der Waals surface area contributed by atoms with Crippen LogP contribution in [-0.4, -0.2) is 74.5 Å². The number of rotatable bonds is 5. The van der Waals surface area contributed by atoms with Crippen LogP contribution in [0.4, 0.5) is 9.80 Å². The minimum absolute atomic E-state index is 0.00705. The summed E-state index contributed by atoms with van der Waals surface area (Å²) < 4.78 is 10.8. The zero-order valence-electron chi connectivity index (χ0n) is 13.4. The Bertz CT molecular complexity index is 471. The van der Waals surface area contributed by atoms with Gasteiger partial charge in [-0.1, -0.05) is 0 Å². The number of carbonyl (C=O) groups is 1. The molecular formula is C16H25N3O3S. The maximum Gasteiger partial charge on any atom is 0.322 e. The normalized spacial score (nSPS) is 20.3. The van der Waals surface area contributed by atoms with Crippen LogP contribution in [-0.2, 0) is 9.47 Å². The largest absolute Gasteiger partial charge is 0.381 e. The van der Waals surface area contributed by atoms with Crippen molar-refractivity contribution < 1.29 is 14.3 Å². The van der Waals surface area contributed by atoms with Crippen LogP contribution in [0.2, 0.25) is 0 Å². The molecule has 0 radical (unpaired) electrons. The topological polar surface area (TPSA) is 54.0 Å². The van der Waals surface area contributed by atoms with Gasteiger partial charge in [-0.3, -0.25) is 10.2 Å². The van der Waals surface area contributed by atoms with Crippen molar-refractivity contribution >= 4 is 22.4 Å². The quantitative estimate of drug-likeness (QED) is 0.892. The summed E-state index contributed by atoms with van der Waals surface area (Å²) in [5, 5.41) is 5.90. The number of morpholine rings is 1. The predicted octanol–water partition coefficient (Wildman–Crippen LogP) is 2.09. The van der Waals surface area contributed by atoms with Gasteiger partial charge in [0.25, 0.3) is 0 Å². The van der Waals surface area contributed by atoms with E-state index < -0.39 is 0 Å². The molecule has 0 unspecified atom stereocenters. The van der Waals surface area contributed by atoms with Gasteiger partial charge < -0.3 is 14.4 Å². The summed E-state index contributed by atoms with van der Waals surface area (Å²) in [7, 11) is 0. The van der Waals surface area contributed by atoms with Gasteiger partial charge in [0, 0.05) is 45.4 Å². The van der Waals surface area contributed by atoms with Gasteiger partial charge >= 0.3 is 6.03 Å². The number of nitrogens with zero attached hydrogens (tertiary/aromatic N) is 2. The Morgan fingerprint density at radius 3 is 2.70 bits per heavy atom. The molecule has 0 aliphatic carbocycles. The lowest BCUT2D eigenvalue weighted by atomic mass is 10.1. The van der Waals surface area contributed by atoms with Crippen LogP contribution in [0.1, 0.15) is 12.8 Å². The van der Waals surface area contributed by atoms with Crippen LogP contribution in [0.15, 0.2) is 17.5 Å². The van der Waals surface area contributed by atoms with Gasteiger partial charge in [0.05, 0.1) is 18.2 Å². The lowest BCUT2D eigenvalue weighted by molar-refractivity contribution is 0.0238. The van der Waals surface area contributed by atoms with Crippen molar-refractivity contribution in [3.05, 3.63) is 17.5 Å². The second kappa shape index (κ2) is 8.63. The SMILES string of the molecule is O=C(Nc1cccs1)N(CCN1CCOCC1)C1CCOCC1. The fraction of sp³-hybridized carbons (Fsp3) is 0.688. The summed E-state index contributed by atoms with van der Waals surface area (Å²) in [6.45, 7) is 6.62. The number of amides is 2. The van der Waals surface area contributed by atoms with E-state index in [0.717, 1.165) is 70.4 Å². The molecule has 3 heterocycles. The van der Waals surface area contributed by atoms with Crippen molar-refractivity contribution in [2.24, 2.45) is 0 Å². The average molecular weight is 339 g/mol. The second-order valence-corrected chi connectivity index (χ2v) is 6.85. The number of hydrogen-bond donors (Lipinski definition) is 1. The molecule has 3 rings (SSSR count). The highest BCUT2D eigenvalue weighted by Crippen LogP contribution is 2.19. The highest BCUT2D eigenvalue weighted by Gasteiger charge is 2.26. The summed E-state index contributed by atoms with van der Waals surface area (Å²) in [6, 6.07) is 4.16. The van der Waals surface area contributed by atoms with Crippen molar-refractivity contribution in [2.45, 2.75) is 18.9 Å². The third-order valence-corrected chi connectivity index (χ3v) is 5.19. The van der Waals surface area contributed by atoms with E-state index in [2.05, 4.69) is 10.2 Å². The molecule has 0 atom stereocenters. The number of nitrogens with one attached hydrogen (secondary N) is 1. The third kappa shape index (κ3) is 4.91. The molecular weight excluding hydrogens is 314 g/mol.